The van der Waals surface area contributed by atoms with Crippen LogP contribution in [0.5, 0.6) is 0 Å². The lowest BCUT2D eigenvalue weighted by atomic mass is 10.1. The van der Waals surface area contributed by atoms with Gasteiger partial charge in [0.1, 0.15) is 5.82 Å². The molecule has 0 saturated carbocycles. The Morgan fingerprint density at radius 1 is 1.19 bits per heavy atom. The molecule has 0 aliphatic carbocycles. The Bertz CT molecular complexity index is 841. The van der Waals surface area contributed by atoms with Crippen LogP contribution in [-0.2, 0) is 6.54 Å². The van der Waals surface area contributed by atoms with Gasteiger partial charge in [0, 0.05) is 28.7 Å². The maximum absolute atomic E-state index is 13.7. The minimum atomic E-state index is -1.26. The van der Waals surface area contributed by atoms with E-state index in [0.717, 1.165) is 10.9 Å². The van der Waals surface area contributed by atoms with Gasteiger partial charge in [0.2, 0.25) is 0 Å². The SMILES string of the molecule is O=C(O)c1ccc(Cn2ccc3cc(Cl)ccc32)cc1F. The molecule has 0 amide bonds. The molecule has 0 spiro atoms. The van der Waals surface area contributed by atoms with Gasteiger partial charge in [-0.3, -0.25) is 0 Å². The highest BCUT2D eigenvalue weighted by atomic mass is 35.5. The number of rotatable bonds is 3. The van der Waals surface area contributed by atoms with Crippen LogP contribution in [0.3, 0.4) is 0 Å². The van der Waals surface area contributed by atoms with E-state index in [1.165, 1.54) is 12.1 Å². The molecule has 5 heteroatoms. The van der Waals surface area contributed by atoms with Gasteiger partial charge in [0.25, 0.3) is 0 Å². The predicted molar refractivity (Wildman–Crippen MR) is 79.4 cm³/mol. The van der Waals surface area contributed by atoms with Crippen molar-refractivity contribution in [2.24, 2.45) is 0 Å². The van der Waals surface area contributed by atoms with Gasteiger partial charge < -0.3 is 9.67 Å². The molecular weight excluding hydrogens is 293 g/mol. The number of hydrogen-bond acceptors (Lipinski definition) is 1. The Kier molecular flexibility index (Phi) is 3.39. The molecule has 3 rings (SSSR count). The largest absolute Gasteiger partial charge is 0.478 e. The van der Waals surface area contributed by atoms with E-state index in [1.54, 1.807) is 12.1 Å². The molecule has 2 aromatic carbocycles. The zero-order valence-corrected chi connectivity index (χ0v) is 11.6. The first-order valence-electron chi connectivity index (χ1n) is 6.31. The molecule has 21 heavy (non-hydrogen) atoms. The third-order valence-corrected chi connectivity index (χ3v) is 3.58. The summed E-state index contributed by atoms with van der Waals surface area (Å²) in [5, 5.41) is 10.5. The van der Waals surface area contributed by atoms with Crippen LogP contribution in [0.4, 0.5) is 4.39 Å². The maximum Gasteiger partial charge on any atom is 0.338 e. The van der Waals surface area contributed by atoms with Crippen LogP contribution in [0.1, 0.15) is 15.9 Å². The van der Waals surface area contributed by atoms with Crippen molar-refractivity contribution in [1.82, 2.24) is 4.57 Å². The fourth-order valence-electron chi connectivity index (χ4n) is 2.34. The summed E-state index contributed by atoms with van der Waals surface area (Å²) in [6.45, 7) is 0.460. The number of carbonyl (C=O) groups is 1. The zero-order chi connectivity index (χ0) is 15.0. The molecule has 3 aromatic rings. The number of nitrogens with zero attached hydrogens (tertiary/aromatic N) is 1. The highest BCUT2D eigenvalue weighted by Crippen LogP contribution is 2.22. The van der Waals surface area contributed by atoms with E-state index >= 15 is 0 Å². The van der Waals surface area contributed by atoms with E-state index in [-0.39, 0.29) is 5.56 Å². The minimum Gasteiger partial charge on any atom is -0.478 e. The van der Waals surface area contributed by atoms with Gasteiger partial charge in [-0.2, -0.15) is 0 Å². The first-order valence-corrected chi connectivity index (χ1v) is 6.68. The van der Waals surface area contributed by atoms with E-state index in [2.05, 4.69) is 0 Å². The average molecular weight is 304 g/mol. The van der Waals surface area contributed by atoms with E-state index < -0.39 is 11.8 Å². The van der Waals surface area contributed by atoms with Crippen LogP contribution < -0.4 is 0 Å². The quantitative estimate of drug-likeness (QED) is 0.788. The maximum atomic E-state index is 13.7. The fraction of sp³-hybridized carbons (Fsp3) is 0.0625. The van der Waals surface area contributed by atoms with Gasteiger partial charge >= 0.3 is 5.97 Å². The molecule has 3 nitrogen and oxygen atoms in total. The smallest absolute Gasteiger partial charge is 0.338 e. The molecule has 0 aliphatic heterocycles. The Balaban J connectivity index is 1.95. The van der Waals surface area contributed by atoms with Crippen molar-refractivity contribution >= 4 is 28.5 Å². The molecule has 106 valence electrons. The topological polar surface area (TPSA) is 42.2 Å². The minimum absolute atomic E-state index is 0.317. The molecule has 1 aromatic heterocycles. The van der Waals surface area contributed by atoms with Crippen LogP contribution in [0.25, 0.3) is 10.9 Å². The third kappa shape index (κ3) is 2.62. The van der Waals surface area contributed by atoms with Gasteiger partial charge in [-0.1, -0.05) is 17.7 Å². The summed E-state index contributed by atoms with van der Waals surface area (Å²) in [7, 11) is 0. The molecule has 0 aliphatic rings. The summed E-state index contributed by atoms with van der Waals surface area (Å²) in [5.74, 6) is -1.99. The van der Waals surface area contributed by atoms with Crippen LogP contribution in [0, 0.1) is 5.82 Å². The Morgan fingerprint density at radius 2 is 2.00 bits per heavy atom. The summed E-state index contributed by atoms with van der Waals surface area (Å²) < 4.78 is 15.6. The summed E-state index contributed by atoms with van der Waals surface area (Å²) in [5.41, 5.74) is 1.37. The Labute approximate surface area is 125 Å². The van der Waals surface area contributed by atoms with Crippen LogP contribution in [0.2, 0.25) is 5.02 Å². The molecule has 1 N–H and O–H groups in total. The van der Waals surface area contributed by atoms with Gasteiger partial charge in [0.05, 0.1) is 5.56 Å². The number of aromatic carboxylic acids is 1. The normalized spacial score (nSPS) is 11.0. The van der Waals surface area contributed by atoms with E-state index in [9.17, 15) is 9.18 Å². The number of halogens is 2. The van der Waals surface area contributed by atoms with Gasteiger partial charge in [-0.05, 0) is 42.0 Å². The summed E-state index contributed by atoms with van der Waals surface area (Å²) in [6.07, 6.45) is 1.89. The van der Waals surface area contributed by atoms with E-state index in [4.69, 9.17) is 16.7 Å². The number of carboxylic acid groups (broad SMARTS) is 1. The first-order chi connectivity index (χ1) is 10.0. The summed E-state index contributed by atoms with van der Waals surface area (Å²) in [6, 6.07) is 11.7. The molecule has 0 radical (unpaired) electrons. The molecular formula is C16H11ClFNO2. The molecule has 1 heterocycles. The van der Waals surface area contributed by atoms with Crippen molar-refractivity contribution in [3.8, 4) is 0 Å². The standard InChI is InChI=1S/C16H11ClFNO2/c17-12-2-4-15-11(8-12)5-6-19(15)9-10-1-3-13(16(20)21)14(18)7-10/h1-8H,9H2,(H,20,21). The Hall–Kier alpha value is -2.33. The lowest BCUT2D eigenvalue weighted by molar-refractivity contribution is 0.0692. The second-order valence-corrected chi connectivity index (χ2v) is 5.20. The van der Waals surface area contributed by atoms with Crippen molar-refractivity contribution < 1.29 is 14.3 Å². The molecule has 0 atom stereocenters. The molecule has 0 bridgehead atoms. The van der Waals surface area contributed by atoms with Crippen LogP contribution in [0.15, 0.2) is 48.7 Å². The van der Waals surface area contributed by atoms with Gasteiger partial charge in [-0.25, -0.2) is 9.18 Å². The number of fused-ring (bicyclic) bond motifs is 1. The van der Waals surface area contributed by atoms with Gasteiger partial charge in [-0.15, -0.1) is 0 Å². The van der Waals surface area contributed by atoms with Crippen molar-refractivity contribution in [3.05, 3.63) is 70.6 Å². The number of hydrogen-bond donors (Lipinski definition) is 1. The summed E-state index contributed by atoms with van der Waals surface area (Å²) in [4.78, 5) is 10.8. The fourth-order valence-corrected chi connectivity index (χ4v) is 2.52. The predicted octanol–water partition coefficient (Wildman–Crippen LogP) is 4.18. The first kappa shape index (κ1) is 13.6. The van der Waals surface area contributed by atoms with Crippen molar-refractivity contribution in [2.75, 3.05) is 0 Å². The molecule has 0 fully saturated rings. The number of aromatic nitrogens is 1. The highest BCUT2D eigenvalue weighted by Gasteiger charge is 2.11. The van der Waals surface area contributed by atoms with Crippen LogP contribution >= 0.6 is 11.6 Å². The van der Waals surface area contributed by atoms with E-state index in [1.807, 2.05) is 29.0 Å². The lowest BCUT2D eigenvalue weighted by Crippen LogP contribution is -2.03. The third-order valence-electron chi connectivity index (χ3n) is 3.35. The van der Waals surface area contributed by atoms with Gasteiger partial charge in [0.15, 0.2) is 0 Å². The van der Waals surface area contributed by atoms with Crippen molar-refractivity contribution in [3.63, 3.8) is 0 Å². The lowest BCUT2D eigenvalue weighted by Gasteiger charge is -2.07. The average Bonchev–Trinajstić information content (AvgIpc) is 2.80. The summed E-state index contributed by atoms with van der Waals surface area (Å²) >= 11 is 5.94. The monoisotopic (exact) mass is 303 g/mol. The molecule has 0 unspecified atom stereocenters. The van der Waals surface area contributed by atoms with Crippen molar-refractivity contribution in [2.45, 2.75) is 6.54 Å². The number of carboxylic acids is 1. The highest BCUT2D eigenvalue weighted by molar-refractivity contribution is 6.31. The second kappa shape index (κ2) is 5.22. The van der Waals surface area contributed by atoms with Crippen LogP contribution in [-0.4, -0.2) is 15.6 Å². The Morgan fingerprint density at radius 3 is 2.71 bits per heavy atom. The number of benzene rings is 2. The second-order valence-electron chi connectivity index (χ2n) is 4.77. The zero-order valence-electron chi connectivity index (χ0n) is 10.9. The van der Waals surface area contributed by atoms with Crippen molar-refractivity contribution in [1.29, 1.82) is 0 Å². The molecule has 0 saturated heterocycles. The van der Waals surface area contributed by atoms with E-state index in [0.29, 0.717) is 17.1 Å².